The highest BCUT2D eigenvalue weighted by Crippen LogP contribution is 2.23. The molecule has 0 aromatic carbocycles. The smallest absolute Gasteiger partial charge is 0.335 e. The van der Waals surface area contributed by atoms with Crippen LogP contribution in [-0.4, -0.2) is 64.9 Å². The molecule has 0 aliphatic rings. The van der Waals surface area contributed by atoms with Gasteiger partial charge < -0.3 is 31.0 Å². The molecule has 1 atom stereocenters. The first-order valence-electron chi connectivity index (χ1n) is 8.93. The van der Waals surface area contributed by atoms with E-state index in [1.54, 1.807) is 0 Å². The van der Waals surface area contributed by atoms with Crippen molar-refractivity contribution >= 4 is 8.56 Å². The Kier molecular flexibility index (Phi) is 12.3. The molecule has 0 aliphatic heterocycles. The van der Waals surface area contributed by atoms with Crippen molar-refractivity contribution in [1.82, 2.24) is 4.90 Å². The number of unbranched alkanes of at least 4 members (excludes halogenated alkanes) is 1. The summed E-state index contributed by atoms with van der Waals surface area (Å²) in [5.74, 6) is 0. The van der Waals surface area contributed by atoms with Crippen LogP contribution in [0, 0.1) is 0 Å². The molecule has 0 amide bonds. The molecular weight excluding hydrogens is 308 g/mol. The Morgan fingerprint density at radius 2 is 1.48 bits per heavy atom. The summed E-state index contributed by atoms with van der Waals surface area (Å²) in [6, 6.07) is 0.985. The predicted molar refractivity (Wildman–Crippen MR) is 101 cm³/mol. The van der Waals surface area contributed by atoms with Crippen LogP contribution in [-0.2, 0) is 8.85 Å². The Labute approximate surface area is 144 Å². The topological polar surface area (TPSA) is 99.8 Å². The number of hydrogen-bond acceptors (Lipinski definition) is 6. The summed E-state index contributed by atoms with van der Waals surface area (Å²) >= 11 is 0. The number of rotatable bonds is 14. The Bertz CT molecular complexity index is 284. The van der Waals surface area contributed by atoms with E-state index in [4.69, 9.17) is 26.1 Å². The largest absolute Gasteiger partial charge is 0.394 e. The molecule has 0 bridgehead atoms. The van der Waals surface area contributed by atoms with Gasteiger partial charge in [0, 0.05) is 32.8 Å². The molecule has 23 heavy (non-hydrogen) atoms. The molecule has 0 saturated carbocycles. The average Bonchev–Trinajstić information content (AvgIpc) is 2.42. The maximum atomic E-state index is 6.32. The highest BCUT2D eigenvalue weighted by molar-refractivity contribution is 6.66. The van der Waals surface area contributed by atoms with E-state index in [9.17, 15) is 0 Å². The summed E-state index contributed by atoms with van der Waals surface area (Å²) in [4.78, 5) is 2.32. The summed E-state index contributed by atoms with van der Waals surface area (Å²) in [6.07, 6.45) is 3.05. The van der Waals surface area contributed by atoms with Crippen LogP contribution in [0.15, 0.2) is 0 Å². The van der Waals surface area contributed by atoms with Gasteiger partial charge in [-0.2, -0.15) is 0 Å². The standard InChI is InChI=1S/C16H40N4O2Si/c1-16(2,3)22-23(4,21-14-6-5-8-17)15-7-11-20(12-9-18)13-10-19/h5-15,17-19H2,1-4H3. The lowest BCUT2D eigenvalue weighted by Crippen LogP contribution is -2.46. The van der Waals surface area contributed by atoms with E-state index in [1.165, 1.54) is 0 Å². The minimum atomic E-state index is -2.18. The molecule has 0 aliphatic carbocycles. The molecule has 0 rings (SSSR count). The van der Waals surface area contributed by atoms with Gasteiger partial charge in [-0.25, -0.2) is 0 Å². The van der Waals surface area contributed by atoms with Crippen LogP contribution in [0.3, 0.4) is 0 Å². The minimum Gasteiger partial charge on any atom is -0.394 e. The van der Waals surface area contributed by atoms with Crippen molar-refractivity contribution < 1.29 is 8.85 Å². The van der Waals surface area contributed by atoms with Crippen molar-refractivity contribution in [3.63, 3.8) is 0 Å². The van der Waals surface area contributed by atoms with E-state index in [-0.39, 0.29) is 5.60 Å². The molecule has 7 heteroatoms. The molecule has 0 radical (unpaired) electrons. The van der Waals surface area contributed by atoms with E-state index < -0.39 is 8.56 Å². The van der Waals surface area contributed by atoms with Crippen molar-refractivity contribution in [2.45, 2.75) is 58.2 Å². The van der Waals surface area contributed by atoms with Crippen LogP contribution in [0.2, 0.25) is 12.6 Å². The molecule has 0 fully saturated rings. The maximum Gasteiger partial charge on any atom is 0.335 e. The monoisotopic (exact) mass is 348 g/mol. The third-order valence-electron chi connectivity index (χ3n) is 3.52. The van der Waals surface area contributed by atoms with Crippen LogP contribution in [0.5, 0.6) is 0 Å². The zero-order chi connectivity index (χ0) is 17.8. The van der Waals surface area contributed by atoms with Gasteiger partial charge in [0.25, 0.3) is 0 Å². The van der Waals surface area contributed by atoms with Gasteiger partial charge in [-0.1, -0.05) is 0 Å². The quantitative estimate of drug-likeness (QED) is 0.323. The molecule has 0 aromatic rings. The molecular formula is C16H40N4O2Si. The van der Waals surface area contributed by atoms with Crippen molar-refractivity contribution in [2.75, 3.05) is 45.9 Å². The zero-order valence-corrected chi connectivity index (χ0v) is 16.8. The first-order valence-corrected chi connectivity index (χ1v) is 11.5. The summed E-state index contributed by atoms with van der Waals surface area (Å²) in [7, 11) is -2.18. The molecule has 6 nitrogen and oxygen atoms in total. The van der Waals surface area contributed by atoms with E-state index >= 15 is 0 Å². The Hall–Kier alpha value is -0.0231. The van der Waals surface area contributed by atoms with Gasteiger partial charge in [0.2, 0.25) is 0 Å². The first-order chi connectivity index (χ1) is 10.8. The van der Waals surface area contributed by atoms with Gasteiger partial charge >= 0.3 is 8.56 Å². The second-order valence-corrected chi connectivity index (χ2v) is 10.5. The Morgan fingerprint density at radius 1 is 0.870 bits per heavy atom. The summed E-state index contributed by atoms with van der Waals surface area (Å²) in [5, 5.41) is 0. The van der Waals surface area contributed by atoms with E-state index in [2.05, 4.69) is 32.2 Å². The van der Waals surface area contributed by atoms with Crippen LogP contribution >= 0.6 is 0 Å². The van der Waals surface area contributed by atoms with Crippen molar-refractivity contribution in [3.8, 4) is 0 Å². The van der Waals surface area contributed by atoms with Crippen molar-refractivity contribution in [2.24, 2.45) is 17.2 Å². The van der Waals surface area contributed by atoms with E-state index in [0.29, 0.717) is 13.1 Å². The van der Waals surface area contributed by atoms with Crippen molar-refractivity contribution in [3.05, 3.63) is 0 Å². The molecule has 0 saturated heterocycles. The lowest BCUT2D eigenvalue weighted by atomic mass is 10.2. The SMILES string of the molecule is CC(C)(C)O[Si](C)(CCCN(CCN)CCN)OCCCCN. The average molecular weight is 349 g/mol. The number of nitrogens with zero attached hydrogens (tertiary/aromatic N) is 1. The van der Waals surface area contributed by atoms with Crippen LogP contribution in [0.25, 0.3) is 0 Å². The maximum absolute atomic E-state index is 6.32. The van der Waals surface area contributed by atoms with Crippen LogP contribution in [0.1, 0.15) is 40.0 Å². The van der Waals surface area contributed by atoms with Crippen LogP contribution < -0.4 is 17.2 Å². The third kappa shape index (κ3) is 13.0. The van der Waals surface area contributed by atoms with Gasteiger partial charge in [-0.3, -0.25) is 0 Å². The Morgan fingerprint density at radius 3 is 1.96 bits per heavy atom. The van der Waals surface area contributed by atoms with Gasteiger partial charge in [0.15, 0.2) is 0 Å². The van der Waals surface area contributed by atoms with Gasteiger partial charge in [0.1, 0.15) is 0 Å². The zero-order valence-electron chi connectivity index (χ0n) is 15.8. The molecule has 0 aromatic heterocycles. The highest BCUT2D eigenvalue weighted by Gasteiger charge is 2.35. The molecule has 140 valence electrons. The lowest BCUT2D eigenvalue weighted by molar-refractivity contribution is 0.0643. The summed E-state index contributed by atoms with van der Waals surface area (Å²) < 4.78 is 12.5. The van der Waals surface area contributed by atoms with Gasteiger partial charge in [-0.15, -0.1) is 0 Å². The fraction of sp³-hybridized carbons (Fsp3) is 1.00. The summed E-state index contributed by atoms with van der Waals surface area (Å²) in [5.41, 5.74) is 16.7. The predicted octanol–water partition coefficient (Wildman–Crippen LogP) is 1.24. The first kappa shape index (κ1) is 23.0. The third-order valence-corrected chi connectivity index (χ3v) is 6.64. The fourth-order valence-corrected chi connectivity index (χ4v) is 5.64. The number of nitrogens with two attached hydrogens (primary N) is 3. The Balaban J connectivity index is 4.43. The fourth-order valence-electron chi connectivity index (χ4n) is 2.66. The highest BCUT2D eigenvalue weighted by atomic mass is 28.4. The molecule has 0 spiro atoms. The van der Waals surface area contributed by atoms with E-state index in [0.717, 1.165) is 58.1 Å². The molecule has 0 heterocycles. The van der Waals surface area contributed by atoms with Crippen LogP contribution in [0.4, 0.5) is 0 Å². The second-order valence-electron chi connectivity index (χ2n) is 7.22. The van der Waals surface area contributed by atoms with Crippen molar-refractivity contribution in [1.29, 1.82) is 0 Å². The summed E-state index contributed by atoms with van der Waals surface area (Å²) in [6.45, 7) is 14.0. The lowest BCUT2D eigenvalue weighted by Gasteiger charge is -2.35. The van der Waals surface area contributed by atoms with Gasteiger partial charge in [0.05, 0.1) is 5.60 Å². The minimum absolute atomic E-state index is 0.178. The van der Waals surface area contributed by atoms with Gasteiger partial charge in [-0.05, 0) is 65.7 Å². The normalized spacial score (nSPS) is 15.1. The number of hydrogen-bond donors (Lipinski definition) is 3. The second kappa shape index (κ2) is 12.4. The molecule has 1 unspecified atom stereocenters. The molecule has 6 N–H and O–H groups in total. The van der Waals surface area contributed by atoms with E-state index in [1.807, 2.05) is 0 Å².